The molecule has 1 aliphatic heterocycles. The van der Waals surface area contributed by atoms with Crippen LogP contribution in [0.25, 0.3) is 22.0 Å². The third-order valence-electron chi connectivity index (χ3n) is 4.82. The summed E-state index contributed by atoms with van der Waals surface area (Å²) < 4.78 is 0. The summed E-state index contributed by atoms with van der Waals surface area (Å²) in [6, 6.07) is 15.8. The van der Waals surface area contributed by atoms with Gasteiger partial charge >= 0.3 is 0 Å². The van der Waals surface area contributed by atoms with Crippen molar-refractivity contribution in [3.8, 4) is 17.0 Å². The lowest BCUT2D eigenvalue weighted by atomic mass is 9.93. The van der Waals surface area contributed by atoms with Gasteiger partial charge in [-0.15, -0.1) is 0 Å². The zero-order valence-corrected chi connectivity index (χ0v) is 13.6. The third-order valence-corrected chi connectivity index (χ3v) is 4.82. The van der Waals surface area contributed by atoms with E-state index in [9.17, 15) is 5.11 Å². The minimum absolute atomic E-state index is 0.245. The van der Waals surface area contributed by atoms with Crippen LogP contribution in [0.3, 0.4) is 0 Å². The first-order chi connectivity index (χ1) is 11.8. The van der Waals surface area contributed by atoms with Gasteiger partial charge in [-0.25, -0.2) is 0 Å². The van der Waals surface area contributed by atoms with E-state index in [2.05, 4.69) is 15.5 Å². The number of benzene rings is 2. The van der Waals surface area contributed by atoms with Crippen molar-refractivity contribution in [2.45, 2.75) is 19.3 Å². The van der Waals surface area contributed by atoms with Crippen LogP contribution in [0.1, 0.15) is 18.5 Å². The second-order valence-electron chi connectivity index (χ2n) is 6.52. The molecule has 1 aromatic heterocycles. The Bertz CT molecular complexity index is 839. The van der Waals surface area contributed by atoms with Crippen molar-refractivity contribution in [2.75, 3.05) is 13.1 Å². The van der Waals surface area contributed by atoms with E-state index in [-0.39, 0.29) is 5.75 Å². The Hall–Kier alpha value is -2.46. The summed E-state index contributed by atoms with van der Waals surface area (Å²) in [5.74, 6) is 0.939. The van der Waals surface area contributed by atoms with E-state index >= 15 is 0 Å². The lowest BCUT2D eigenvalue weighted by Gasteiger charge is -2.21. The van der Waals surface area contributed by atoms with Gasteiger partial charge < -0.3 is 10.4 Å². The Balaban J connectivity index is 1.59. The lowest BCUT2D eigenvalue weighted by Crippen LogP contribution is -2.28. The first-order valence-electron chi connectivity index (χ1n) is 8.55. The lowest BCUT2D eigenvalue weighted by molar-refractivity contribution is 0.369. The maximum Gasteiger partial charge on any atom is 0.125 e. The van der Waals surface area contributed by atoms with E-state index in [0.717, 1.165) is 41.5 Å². The minimum atomic E-state index is 0.245. The predicted molar refractivity (Wildman–Crippen MR) is 95.9 cm³/mol. The molecule has 1 fully saturated rings. The average molecular weight is 319 g/mol. The zero-order chi connectivity index (χ0) is 16.4. The molecule has 0 atom stereocenters. The van der Waals surface area contributed by atoms with Crippen molar-refractivity contribution in [3.05, 3.63) is 54.2 Å². The van der Waals surface area contributed by atoms with Gasteiger partial charge in [0.2, 0.25) is 0 Å². The van der Waals surface area contributed by atoms with Gasteiger partial charge in [0.15, 0.2) is 0 Å². The Morgan fingerprint density at radius 2 is 1.71 bits per heavy atom. The molecule has 2 heterocycles. The van der Waals surface area contributed by atoms with Gasteiger partial charge in [0.05, 0.1) is 11.4 Å². The van der Waals surface area contributed by atoms with Crippen molar-refractivity contribution in [1.82, 2.24) is 15.5 Å². The highest BCUT2D eigenvalue weighted by Crippen LogP contribution is 2.32. The normalized spacial score (nSPS) is 15.7. The monoisotopic (exact) mass is 319 g/mol. The van der Waals surface area contributed by atoms with Crippen molar-refractivity contribution < 1.29 is 5.11 Å². The molecule has 0 radical (unpaired) electrons. The van der Waals surface area contributed by atoms with Crippen LogP contribution in [0.4, 0.5) is 0 Å². The number of aromatic hydroxyl groups is 1. The second kappa shape index (κ2) is 6.57. The standard InChI is InChI=1S/C20H21N3O/c24-20-13-16-4-2-1-3-15(16)12-18(20)19-6-5-17(22-23-19)11-14-7-9-21-10-8-14/h1-6,12-14,21,24H,7-11H2. The van der Waals surface area contributed by atoms with E-state index < -0.39 is 0 Å². The van der Waals surface area contributed by atoms with E-state index in [4.69, 9.17) is 0 Å². The molecule has 3 aromatic rings. The van der Waals surface area contributed by atoms with Crippen molar-refractivity contribution >= 4 is 10.8 Å². The number of nitrogens with one attached hydrogen (secondary N) is 1. The number of phenolic OH excluding ortho intramolecular Hbond substituents is 1. The van der Waals surface area contributed by atoms with Crippen molar-refractivity contribution in [1.29, 1.82) is 0 Å². The van der Waals surface area contributed by atoms with Gasteiger partial charge in [0.25, 0.3) is 0 Å². The topological polar surface area (TPSA) is 58.0 Å². The highest BCUT2D eigenvalue weighted by atomic mass is 16.3. The number of phenols is 1. The molecule has 4 rings (SSSR count). The number of fused-ring (bicyclic) bond motifs is 1. The molecule has 2 N–H and O–H groups in total. The maximum atomic E-state index is 10.3. The maximum absolute atomic E-state index is 10.3. The number of rotatable bonds is 3. The van der Waals surface area contributed by atoms with Crippen molar-refractivity contribution in [3.63, 3.8) is 0 Å². The van der Waals surface area contributed by atoms with Crippen LogP contribution in [0.5, 0.6) is 5.75 Å². The molecule has 0 bridgehead atoms. The average Bonchev–Trinajstić information content (AvgIpc) is 2.63. The molecule has 1 aliphatic rings. The van der Waals surface area contributed by atoms with E-state index in [1.165, 1.54) is 12.8 Å². The Labute approximate surface area is 141 Å². The Kier molecular flexibility index (Phi) is 4.13. The van der Waals surface area contributed by atoms with Crippen LogP contribution >= 0.6 is 0 Å². The quantitative estimate of drug-likeness (QED) is 0.775. The largest absolute Gasteiger partial charge is 0.507 e. The molecule has 0 saturated carbocycles. The van der Waals surface area contributed by atoms with Gasteiger partial charge in [0, 0.05) is 5.56 Å². The fraction of sp³-hybridized carbons (Fsp3) is 0.300. The van der Waals surface area contributed by atoms with Gasteiger partial charge in [-0.3, -0.25) is 0 Å². The molecule has 4 heteroatoms. The fourth-order valence-corrected chi connectivity index (χ4v) is 3.43. The summed E-state index contributed by atoms with van der Waals surface area (Å²) in [7, 11) is 0. The zero-order valence-electron chi connectivity index (χ0n) is 13.6. The van der Waals surface area contributed by atoms with Crippen LogP contribution in [-0.4, -0.2) is 28.4 Å². The van der Waals surface area contributed by atoms with Gasteiger partial charge in [0.1, 0.15) is 5.75 Å². The molecular weight excluding hydrogens is 298 g/mol. The number of aromatic nitrogens is 2. The third kappa shape index (κ3) is 3.10. The predicted octanol–water partition coefficient (Wildman–Crippen LogP) is 3.54. The van der Waals surface area contributed by atoms with Crippen LogP contribution in [0, 0.1) is 5.92 Å². The molecule has 0 aliphatic carbocycles. The molecule has 0 unspecified atom stereocenters. The Morgan fingerprint density at radius 3 is 2.42 bits per heavy atom. The van der Waals surface area contributed by atoms with E-state index in [1.807, 2.05) is 42.5 Å². The van der Waals surface area contributed by atoms with Gasteiger partial charge in [-0.2, -0.15) is 10.2 Å². The summed E-state index contributed by atoms with van der Waals surface area (Å²) in [5.41, 5.74) is 2.48. The number of hydrogen-bond donors (Lipinski definition) is 2. The minimum Gasteiger partial charge on any atom is -0.507 e. The van der Waals surface area contributed by atoms with Gasteiger partial charge in [-0.1, -0.05) is 24.3 Å². The fourth-order valence-electron chi connectivity index (χ4n) is 3.43. The van der Waals surface area contributed by atoms with E-state index in [0.29, 0.717) is 11.6 Å². The second-order valence-corrected chi connectivity index (χ2v) is 6.52. The van der Waals surface area contributed by atoms with Crippen molar-refractivity contribution in [2.24, 2.45) is 5.92 Å². The smallest absolute Gasteiger partial charge is 0.125 e. The molecule has 0 spiro atoms. The molecule has 24 heavy (non-hydrogen) atoms. The van der Waals surface area contributed by atoms with E-state index in [1.54, 1.807) is 6.07 Å². The molecule has 122 valence electrons. The first kappa shape index (κ1) is 15.1. The summed E-state index contributed by atoms with van der Waals surface area (Å²) in [4.78, 5) is 0. The molecule has 1 saturated heterocycles. The molecule has 2 aromatic carbocycles. The molecular formula is C20H21N3O. The summed E-state index contributed by atoms with van der Waals surface area (Å²) in [6.45, 7) is 2.20. The molecule has 0 amide bonds. The van der Waals surface area contributed by atoms with Crippen LogP contribution in [0.2, 0.25) is 0 Å². The summed E-state index contributed by atoms with van der Waals surface area (Å²) >= 11 is 0. The molecule has 4 nitrogen and oxygen atoms in total. The SMILES string of the molecule is Oc1cc2ccccc2cc1-c1ccc(CC2CCNCC2)nn1. The summed E-state index contributed by atoms with van der Waals surface area (Å²) in [6.07, 6.45) is 3.39. The van der Waals surface area contributed by atoms with Crippen LogP contribution < -0.4 is 5.32 Å². The number of hydrogen-bond acceptors (Lipinski definition) is 4. The van der Waals surface area contributed by atoms with Gasteiger partial charge in [-0.05, 0) is 73.3 Å². The highest BCUT2D eigenvalue weighted by Gasteiger charge is 2.15. The van der Waals surface area contributed by atoms with Crippen LogP contribution in [0.15, 0.2) is 48.5 Å². The number of nitrogens with zero attached hydrogens (tertiary/aromatic N) is 2. The van der Waals surface area contributed by atoms with Crippen LogP contribution in [-0.2, 0) is 6.42 Å². The Morgan fingerprint density at radius 1 is 0.958 bits per heavy atom. The first-order valence-corrected chi connectivity index (χ1v) is 8.55. The summed E-state index contributed by atoms with van der Waals surface area (Å²) in [5, 5.41) is 24.6. The number of piperidine rings is 1. The highest BCUT2D eigenvalue weighted by molar-refractivity contribution is 5.89.